The zero-order valence-electron chi connectivity index (χ0n) is 13.4. The minimum atomic E-state index is -3.65. The van der Waals surface area contributed by atoms with Crippen LogP contribution in [0.25, 0.3) is 0 Å². The maximum atomic E-state index is 12.2. The number of nitrogens with one attached hydrogen (secondary N) is 1. The molecule has 0 aromatic heterocycles. The molecule has 0 aliphatic carbocycles. The van der Waals surface area contributed by atoms with Gasteiger partial charge in [-0.2, -0.15) is 0 Å². The van der Waals surface area contributed by atoms with E-state index in [0.717, 1.165) is 30.2 Å². The molecule has 6 nitrogen and oxygen atoms in total. The number of hydrogen-bond acceptors (Lipinski definition) is 4. The highest BCUT2D eigenvalue weighted by atomic mass is 35.5. The van der Waals surface area contributed by atoms with Gasteiger partial charge in [-0.25, -0.2) is 12.7 Å². The smallest absolute Gasteiger partial charge is 0.244 e. The lowest BCUT2D eigenvalue weighted by atomic mass is 10.1. The Morgan fingerprint density at radius 3 is 2.52 bits per heavy atom. The molecule has 0 spiro atoms. The number of piperidine rings is 1. The van der Waals surface area contributed by atoms with Crippen LogP contribution in [0, 0.1) is 0 Å². The summed E-state index contributed by atoms with van der Waals surface area (Å²) in [6.45, 7) is 2.17. The van der Waals surface area contributed by atoms with Gasteiger partial charge in [0.15, 0.2) is 0 Å². The molecule has 8 heteroatoms. The molecule has 1 aliphatic heterocycles. The third kappa shape index (κ3) is 4.67. The second kappa shape index (κ2) is 7.61. The van der Waals surface area contributed by atoms with Gasteiger partial charge < -0.3 is 5.32 Å². The first-order chi connectivity index (χ1) is 10.8. The minimum Gasteiger partial charge on any atom is -0.325 e. The van der Waals surface area contributed by atoms with E-state index >= 15 is 0 Å². The van der Waals surface area contributed by atoms with Crippen LogP contribution < -0.4 is 5.32 Å². The first-order valence-electron chi connectivity index (χ1n) is 7.55. The third-order valence-corrected chi connectivity index (χ3v) is 6.09. The predicted molar refractivity (Wildman–Crippen MR) is 91.2 cm³/mol. The Balaban J connectivity index is 2.10. The number of amides is 1. The van der Waals surface area contributed by atoms with E-state index in [-0.39, 0.29) is 15.8 Å². The second-order valence-electron chi connectivity index (χ2n) is 5.82. The average Bonchev–Trinajstić information content (AvgIpc) is 2.49. The second-order valence-corrected chi connectivity index (χ2v) is 8.35. The number of anilines is 1. The lowest BCUT2D eigenvalue weighted by Gasteiger charge is -2.25. The maximum Gasteiger partial charge on any atom is 0.244 e. The highest BCUT2D eigenvalue weighted by Gasteiger charge is 2.22. The van der Waals surface area contributed by atoms with Crippen LogP contribution in [-0.2, 0) is 14.8 Å². The van der Waals surface area contributed by atoms with Crippen LogP contribution in [0.3, 0.4) is 0 Å². The Hall–Kier alpha value is -1.15. The summed E-state index contributed by atoms with van der Waals surface area (Å²) in [4.78, 5) is 14.2. The van der Waals surface area contributed by atoms with Gasteiger partial charge in [-0.1, -0.05) is 18.0 Å². The molecule has 0 radical (unpaired) electrons. The van der Waals surface area contributed by atoms with Crippen LogP contribution in [0.1, 0.15) is 19.3 Å². The third-order valence-electron chi connectivity index (χ3n) is 3.79. The lowest BCUT2D eigenvalue weighted by Crippen LogP contribution is -2.36. The van der Waals surface area contributed by atoms with Crippen molar-refractivity contribution in [1.82, 2.24) is 9.21 Å². The van der Waals surface area contributed by atoms with Crippen molar-refractivity contribution in [3.63, 3.8) is 0 Å². The fourth-order valence-electron chi connectivity index (χ4n) is 2.50. The van der Waals surface area contributed by atoms with Gasteiger partial charge in [-0.15, -0.1) is 0 Å². The Kier molecular flexibility index (Phi) is 6.02. The molecule has 2 rings (SSSR count). The number of carbonyl (C=O) groups excluding carboxylic acids is 1. The fraction of sp³-hybridized carbons (Fsp3) is 0.533. The molecular weight excluding hydrogens is 338 g/mol. The molecule has 1 heterocycles. The van der Waals surface area contributed by atoms with Gasteiger partial charge in [0.25, 0.3) is 0 Å². The highest BCUT2D eigenvalue weighted by molar-refractivity contribution is 7.89. The predicted octanol–water partition coefficient (Wildman–Crippen LogP) is 2.01. The van der Waals surface area contributed by atoms with Crippen molar-refractivity contribution in [2.45, 2.75) is 24.2 Å². The van der Waals surface area contributed by atoms with E-state index in [0.29, 0.717) is 12.2 Å². The van der Waals surface area contributed by atoms with Gasteiger partial charge in [0.1, 0.15) is 4.90 Å². The SMILES string of the molecule is CN(C)S(=O)(=O)c1cc(NC(=O)CN2CCCCC2)ccc1Cl. The molecule has 1 aliphatic rings. The lowest BCUT2D eigenvalue weighted by molar-refractivity contribution is -0.117. The Labute approximate surface area is 142 Å². The molecular formula is C15H22ClN3O3S. The largest absolute Gasteiger partial charge is 0.325 e. The number of carbonyl (C=O) groups is 1. The van der Waals surface area contributed by atoms with Gasteiger partial charge in [-0.05, 0) is 44.1 Å². The maximum absolute atomic E-state index is 12.2. The summed E-state index contributed by atoms with van der Waals surface area (Å²) >= 11 is 5.99. The molecule has 0 atom stereocenters. The standard InChI is InChI=1S/C15H22ClN3O3S/c1-18(2)23(21,22)14-10-12(6-7-13(14)16)17-15(20)11-19-8-4-3-5-9-19/h6-7,10H,3-5,8-9,11H2,1-2H3,(H,17,20). The summed E-state index contributed by atoms with van der Waals surface area (Å²) in [6, 6.07) is 4.48. The van der Waals surface area contributed by atoms with Crippen molar-refractivity contribution in [2.75, 3.05) is 39.0 Å². The molecule has 23 heavy (non-hydrogen) atoms. The van der Waals surface area contributed by atoms with E-state index in [1.165, 1.54) is 32.6 Å². The van der Waals surface area contributed by atoms with Crippen LogP contribution in [0.4, 0.5) is 5.69 Å². The average molecular weight is 360 g/mol. The van der Waals surface area contributed by atoms with Crippen molar-refractivity contribution in [3.05, 3.63) is 23.2 Å². The van der Waals surface area contributed by atoms with Gasteiger partial charge in [0.05, 0.1) is 11.6 Å². The topological polar surface area (TPSA) is 69.7 Å². The van der Waals surface area contributed by atoms with Crippen molar-refractivity contribution >= 4 is 33.2 Å². The molecule has 0 bridgehead atoms. The number of benzene rings is 1. The summed E-state index contributed by atoms with van der Waals surface area (Å²) < 4.78 is 25.5. The van der Waals surface area contributed by atoms with Crippen LogP contribution in [0.2, 0.25) is 5.02 Å². The summed E-state index contributed by atoms with van der Waals surface area (Å²) in [5.74, 6) is -0.151. The summed E-state index contributed by atoms with van der Waals surface area (Å²) in [6.07, 6.45) is 3.43. The van der Waals surface area contributed by atoms with E-state index in [4.69, 9.17) is 11.6 Å². The van der Waals surface area contributed by atoms with E-state index in [1.54, 1.807) is 6.07 Å². The van der Waals surface area contributed by atoms with Crippen molar-refractivity contribution in [1.29, 1.82) is 0 Å². The Morgan fingerprint density at radius 2 is 1.91 bits per heavy atom. The number of halogens is 1. The Morgan fingerprint density at radius 1 is 1.26 bits per heavy atom. The highest BCUT2D eigenvalue weighted by Crippen LogP contribution is 2.26. The summed E-state index contributed by atoms with van der Waals surface area (Å²) in [7, 11) is -0.778. The summed E-state index contributed by atoms with van der Waals surface area (Å²) in [5, 5.41) is 2.88. The van der Waals surface area contributed by atoms with Crippen LogP contribution in [-0.4, -0.2) is 57.3 Å². The van der Waals surface area contributed by atoms with Crippen molar-refractivity contribution in [2.24, 2.45) is 0 Å². The number of nitrogens with zero attached hydrogens (tertiary/aromatic N) is 2. The normalized spacial score (nSPS) is 16.5. The number of hydrogen-bond donors (Lipinski definition) is 1. The quantitative estimate of drug-likeness (QED) is 0.873. The van der Waals surface area contributed by atoms with Gasteiger partial charge in [-0.3, -0.25) is 9.69 Å². The zero-order chi connectivity index (χ0) is 17.0. The molecule has 1 fully saturated rings. The zero-order valence-corrected chi connectivity index (χ0v) is 15.0. The Bertz CT molecular complexity index is 671. The van der Waals surface area contributed by atoms with E-state index in [9.17, 15) is 13.2 Å². The number of likely N-dealkylation sites (tertiary alicyclic amines) is 1. The molecule has 1 saturated heterocycles. The fourth-order valence-corrected chi connectivity index (χ4v) is 3.89. The molecule has 1 N–H and O–H groups in total. The van der Waals surface area contributed by atoms with Crippen LogP contribution in [0.15, 0.2) is 23.1 Å². The van der Waals surface area contributed by atoms with Crippen molar-refractivity contribution in [3.8, 4) is 0 Å². The first-order valence-corrected chi connectivity index (χ1v) is 9.37. The first kappa shape index (κ1) is 18.2. The summed E-state index contributed by atoms with van der Waals surface area (Å²) in [5.41, 5.74) is 0.428. The minimum absolute atomic E-state index is 0.0139. The molecule has 1 aromatic carbocycles. The molecule has 128 valence electrons. The van der Waals surface area contributed by atoms with E-state index in [1.807, 2.05) is 0 Å². The molecule has 0 unspecified atom stereocenters. The van der Waals surface area contributed by atoms with Crippen LogP contribution >= 0.6 is 11.6 Å². The van der Waals surface area contributed by atoms with Crippen molar-refractivity contribution < 1.29 is 13.2 Å². The van der Waals surface area contributed by atoms with Gasteiger partial charge in [0, 0.05) is 19.8 Å². The molecule has 0 saturated carbocycles. The number of rotatable bonds is 5. The molecule has 1 aromatic rings. The van der Waals surface area contributed by atoms with Crippen LogP contribution in [0.5, 0.6) is 0 Å². The monoisotopic (exact) mass is 359 g/mol. The van der Waals surface area contributed by atoms with E-state index in [2.05, 4.69) is 10.2 Å². The molecule has 1 amide bonds. The van der Waals surface area contributed by atoms with E-state index < -0.39 is 10.0 Å². The van der Waals surface area contributed by atoms with Gasteiger partial charge >= 0.3 is 0 Å². The van der Waals surface area contributed by atoms with Gasteiger partial charge in [0.2, 0.25) is 15.9 Å². The number of sulfonamides is 1.